The number of amides is 1. The Morgan fingerprint density at radius 1 is 1.64 bits per heavy atom. The van der Waals surface area contributed by atoms with Crippen LogP contribution in [0.1, 0.15) is 26.7 Å². The number of carbonyl (C=O) groups is 1. The quantitative estimate of drug-likeness (QED) is 0.653. The van der Waals surface area contributed by atoms with Gasteiger partial charge in [-0.2, -0.15) is 0 Å². The van der Waals surface area contributed by atoms with Crippen LogP contribution in [-0.2, 0) is 4.79 Å². The SMILES string of the molecule is CCC(N)C(=O)N1CCC(N)C(C)C1. The molecule has 0 bridgehead atoms. The van der Waals surface area contributed by atoms with E-state index in [1.165, 1.54) is 0 Å². The van der Waals surface area contributed by atoms with Crippen LogP contribution in [-0.4, -0.2) is 36.0 Å². The van der Waals surface area contributed by atoms with Crippen LogP contribution < -0.4 is 11.5 Å². The molecule has 0 aromatic heterocycles. The highest BCUT2D eigenvalue weighted by Gasteiger charge is 2.28. The number of piperidine rings is 1. The van der Waals surface area contributed by atoms with E-state index in [2.05, 4.69) is 6.92 Å². The first-order valence-corrected chi connectivity index (χ1v) is 5.36. The summed E-state index contributed by atoms with van der Waals surface area (Å²) in [5.41, 5.74) is 11.6. The second kappa shape index (κ2) is 4.75. The van der Waals surface area contributed by atoms with Crippen molar-refractivity contribution >= 4 is 5.91 Å². The molecule has 0 aliphatic carbocycles. The summed E-state index contributed by atoms with van der Waals surface area (Å²) in [6.45, 7) is 5.54. The number of nitrogens with zero attached hydrogens (tertiary/aromatic N) is 1. The number of rotatable bonds is 2. The Hall–Kier alpha value is -0.610. The van der Waals surface area contributed by atoms with Crippen LogP contribution >= 0.6 is 0 Å². The molecule has 3 unspecified atom stereocenters. The van der Waals surface area contributed by atoms with Crippen LogP contribution in [0.25, 0.3) is 0 Å². The van der Waals surface area contributed by atoms with Gasteiger partial charge < -0.3 is 16.4 Å². The van der Waals surface area contributed by atoms with E-state index >= 15 is 0 Å². The highest BCUT2D eigenvalue weighted by molar-refractivity contribution is 5.81. The van der Waals surface area contributed by atoms with Crippen LogP contribution in [0.4, 0.5) is 0 Å². The minimum atomic E-state index is -0.337. The molecule has 0 spiro atoms. The minimum Gasteiger partial charge on any atom is -0.341 e. The molecule has 1 aliphatic heterocycles. The van der Waals surface area contributed by atoms with Crippen LogP contribution in [0.5, 0.6) is 0 Å². The topological polar surface area (TPSA) is 72.4 Å². The summed E-state index contributed by atoms with van der Waals surface area (Å²) >= 11 is 0. The Morgan fingerprint density at radius 3 is 2.79 bits per heavy atom. The van der Waals surface area contributed by atoms with Gasteiger partial charge in [-0.3, -0.25) is 4.79 Å². The molecule has 0 aromatic carbocycles. The molecule has 0 radical (unpaired) electrons. The molecule has 4 N–H and O–H groups in total. The molecule has 1 amide bonds. The van der Waals surface area contributed by atoms with Gasteiger partial charge in [0.2, 0.25) is 5.91 Å². The summed E-state index contributed by atoms with van der Waals surface area (Å²) in [5, 5.41) is 0. The van der Waals surface area contributed by atoms with Gasteiger partial charge in [-0.15, -0.1) is 0 Å². The molecule has 3 atom stereocenters. The zero-order chi connectivity index (χ0) is 10.7. The summed E-state index contributed by atoms with van der Waals surface area (Å²) in [5.74, 6) is 0.461. The van der Waals surface area contributed by atoms with E-state index in [0.29, 0.717) is 12.3 Å². The maximum absolute atomic E-state index is 11.7. The van der Waals surface area contributed by atoms with Crippen molar-refractivity contribution in [3.05, 3.63) is 0 Å². The van der Waals surface area contributed by atoms with Gasteiger partial charge >= 0.3 is 0 Å². The largest absolute Gasteiger partial charge is 0.341 e. The molecule has 4 heteroatoms. The Bertz CT molecular complexity index is 208. The first kappa shape index (κ1) is 11.5. The number of likely N-dealkylation sites (tertiary alicyclic amines) is 1. The second-order valence-corrected chi connectivity index (χ2v) is 4.23. The summed E-state index contributed by atoms with van der Waals surface area (Å²) in [4.78, 5) is 13.6. The fourth-order valence-electron chi connectivity index (χ4n) is 1.77. The summed E-state index contributed by atoms with van der Waals surface area (Å²) in [6.07, 6.45) is 1.60. The van der Waals surface area contributed by atoms with E-state index in [1.807, 2.05) is 11.8 Å². The van der Waals surface area contributed by atoms with Crippen molar-refractivity contribution in [3.8, 4) is 0 Å². The molecule has 14 heavy (non-hydrogen) atoms. The number of nitrogens with two attached hydrogens (primary N) is 2. The molecule has 0 saturated carbocycles. The second-order valence-electron chi connectivity index (χ2n) is 4.23. The lowest BCUT2D eigenvalue weighted by atomic mass is 9.94. The third-order valence-corrected chi connectivity index (χ3v) is 3.04. The average Bonchev–Trinajstić information content (AvgIpc) is 2.20. The summed E-state index contributed by atoms with van der Waals surface area (Å²) < 4.78 is 0. The number of hydrogen-bond acceptors (Lipinski definition) is 3. The van der Waals surface area contributed by atoms with Gasteiger partial charge in [0.25, 0.3) is 0 Å². The third kappa shape index (κ3) is 2.45. The van der Waals surface area contributed by atoms with Crippen molar-refractivity contribution in [2.45, 2.75) is 38.8 Å². The van der Waals surface area contributed by atoms with Crippen molar-refractivity contribution < 1.29 is 4.79 Å². The molecule has 1 rings (SSSR count). The van der Waals surface area contributed by atoms with Gasteiger partial charge in [-0.05, 0) is 18.8 Å². The van der Waals surface area contributed by atoms with Gasteiger partial charge in [-0.1, -0.05) is 13.8 Å². The van der Waals surface area contributed by atoms with Gasteiger partial charge in [0.1, 0.15) is 0 Å². The van der Waals surface area contributed by atoms with Crippen LogP contribution in [0, 0.1) is 5.92 Å². The molecule has 4 nitrogen and oxygen atoms in total. The number of carbonyl (C=O) groups excluding carboxylic acids is 1. The zero-order valence-corrected chi connectivity index (χ0v) is 9.07. The molecule has 0 aromatic rings. The lowest BCUT2D eigenvalue weighted by Crippen LogP contribution is -2.52. The highest BCUT2D eigenvalue weighted by atomic mass is 16.2. The third-order valence-electron chi connectivity index (χ3n) is 3.04. The molecule has 1 heterocycles. The fraction of sp³-hybridized carbons (Fsp3) is 0.900. The van der Waals surface area contributed by atoms with E-state index < -0.39 is 0 Å². The lowest BCUT2D eigenvalue weighted by Gasteiger charge is -2.36. The first-order chi connectivity index (χ1) is 6.56. The smallest absolute Gasteiger partial charge is 0.239 e. The molecule has 1 fully saturated rings. The van der Waals surface area contributed by atoms with E-state index in [9.17, 15) is 4.79 Å². The monoisotopic (exact) mass is 199 g/mol. The van der Waals surface area contributed by atoms with E-state index in [1.54, 1.807) is 0 Å². The zero-order valence-electron chi connectivity index (χ0n) is 9.07. The predicted molar refractivity (Wildman–Crippen MR) is 56.6 cm³/mol. The Morgan fingerprint density at radius 2 is 2.29 bits per heavy atom. The van der Waals surface area contributed by atoms with Crippen molar-refractivity contribution in [1.29, 1.82) is 0 Å². The van der Waals surface area contributed by atoms with E-state index in [-0.39, 0.29) is 18.0 Å². The van der Waals surface area contributed by atoms with Gasteiger partial charge in [0, 0.05) is 19.1 Å². The molecular formula is C10H21N3O. The Balaban J connectivity index is 2.50. The van der Waals surface area contributed by atoms with Gasteiger partial charge in [0.05, 0.1) is 6.04 Å². The minimum absolute atomic E-state index is 0.0752. The van der Waals surface area contributed by atoms with Crippen molar-refractivity contribution in [2.75, 3.05) is 13.1 Å². The fourth-order valence-corrected chi connectivity index (χ4v) is 1.77. The van der Waals surface area contributed by atoms with E-state index in [0.717, 1.165) is 19.5 Å². The lowest BCUT2D eigenvalue weighted by molar-refractivity contribution is -0.134. The summed E-state index contributed by atoms with van der Waals surface area (Å²) in [6, 6.07) is -0.103. The standard InChI is InChI=1S/C10H21N3O/c1-3-8(11)10(14)13-5-4-9(12)7(2)6-13/h7-9H,3-6,11-12H2,1-2H3. The summed E-state index contributed by atoms with van der Waals surface area (Å²) in [7, 11) is 0. The van der Waals surface area contributed by atoms with Gasteiger partial charge in [-0.25, -0.2) is 0 Å². The molecule has 82 valence electrons. The van der Waals surface area contributed by atoms with Crippen LogP contribution in [0.3, 0.4) is 0 Å². The first-order valence-electron chi connectivity index (χ1n) is 5.36. The van der Waals surface area contributed by atoms with Crippen molar-refractivity contribution in [2.24, 2.45) is 17.4 Å². The number of hydrogen-bond donors (Lipinski definition) is 2. The Labute approximate surface area is 85.6 Å². The maximum Gasteiger partial charge on any atom is 0.239 e. The Kier molecular flexibility index (Phi) is 3.89. The van der Waals surface area contributed by atoms with Crippen LogP contribution in [0.2, 0.25) is 0 Å². The van der Waals surface area contributed by atoms with Crippen molar-refractivity contribution in [3.63, 3.8) is 0 Å². The van der Waals surface area contributed by atoms with Crippen molar-refractivity contribution in [1.82, 2.24) is 4.90 Å². The van der Waals surface area contributed by atoms with Gasteiger partial charge in [0.15, 0.2) is 0 Å². The average molecular weight is 199 g/mol. The molecule has 1 aliphatic rings. The normalized spacial score (nSPS) is 30.1. The predicted octanol–water partition coefficient (Wildman–Crippen LogP) is -0.0806. The molecular weight excluding hydrogens is 178 g/mol. The van der Waals surface area contributed by atoms with E-state index in [4.69, 9.17) is 11.5 Å². The molecule has 1 saturated heterocycles. The highest BCUT2D eigenvalue weighted by Crippen LogP contribution is 2.15. The maximum atomic E-state index is 11.7. The van der Waals surface area contributed by atoms with Crippen LogP contribution in [0.15, 0.2) is 0 Å².